The van der Waals surface area contributed by atoms with E-state index in [-0.39, 0.29) is 12.1 Å². The summed E-state index contributed by atoms with van der Waals surface area (Å²) in [4.78, 5) is 26.0. The molecule has 0 radical (unpaired) electrons. The quantitative estimate of drug-likeness (QED) is 0.747. The molecule has 110 valence electrons. The number of rotatable bonds is 4. The van der Waals surface area contributed by atoms with Crippen LogP contribution in [-0.2, 0) is 6.54 Å². The molecule has 7 nitrogen and oxygen atoms in total. The lowest BCUT2D eigenvalue weighted by atomic mass is 10.2. The molecule has 0 spiro atoms. The first-order valence-corrected chi connectivity index (χ1v) is 6.66. The molecule has 2 N–H and O–H groups in total. The summed E-state index contributed by atoms with van der Waals surface area (Å²) in [5, 5.41) is 10.5. The van der Waals surface area contributed by atoms with Gasteiger partial charge in [0.2, 0.25) is 0 Å². The fourth-order valence-corrected chi connectivity index (χ4v) is 2.04. The van der Waals surface area contributed by atoms with E-state index >= 15 is 0 Å². The first-order chi connectivity index (χ1) is 10.8. The molecule has 22 heavy (non-hydrogen) atoms. The van der Waals surface area contributed by atoms with Gasteiger partial charge in [0.1, 0.15) is 11.9 Å². The number of hydrogen-bond donors (Lipinski definition) is 2. The highest BCUT2D eigenvalue weighted by atomic mass is 16.2. The zero-order chi connectivity index (χ0) is 15.4. The third-order valence-electron chi connectivity index (χ3n) is 3.12. The normalized spacial score (nSPS) is 10.4. The molecule has 0 unspecified atom stereocenters. The van der Waals surface area contributed by atoms with E-state index in [0.717, 1.165) is 5.69 Å². The van der Waals surface area contributed by atoms with E-state index in [1.165, 1.54) is 12.3 Å². The summed E-state index contributed by atoms with van der Waals surface area (Å²) in [6, 6.07) is 12.6. The number of pyridine rings is 1. The van der Waals surface area contributed by atoms with Crippen molar-refractivity contribution in [3.63, 3.8) is 0 Å². The van der Waals surface area contributed by atoms with Gasteiger partial charge in [-0.15, -0.1) is 10.2 Å². The number of aromatic amines is 1. The van der Waals surface area contributed by atoms with Crippen LogP contribution in [0.3, 0.4) is 0 Å². The van der Waals surface area contributed by atoms with Crippen LogP contribution in [0.25, 0.3) is 5.69 Å². The second-order valence-corrected chi connectivity index (χ2v) is 4.55. The van der Waals surface area contributed by atoms with Gasteiger partial charge in [-0.1, -0.05) is 18.2 Å². The van der Waals surface area contributed by atoms with Crippen LogP contribution >= 0.6 is 0 Å². The van der Waals surface area contributed by atoms with E-state index in [9.17, 15) is 9.59 Å². The number of nitrogens with one attached hydrogen (secondary N) is 2. The van der Waals surface area contributed by atoms with E-state index in [4.69, 9.17) is 0 Å². The summed E-state index contributed by atoms with van der Waals surface area (Å²) < 4.78 is 1.77. The third-order valence-corrected chi connectivity index (χ3v) is 3.12. The standard InChI is InChI=1S/C15H13N5O2/c21-14-12(7-4-8-16-14)15(22)17-9-13-19-18-10-20(13)11-5-2-1-3-6-11/h1-8,10H,9H2,(H,16,21)(H,17,22). The Labute approximate surface area is 125 Å². The van der Waals surface area contributed by atoms with Gasteiger partial charge in [-0.3, -0.25) is 14.2 Å². The van der Waals surface area contributed by atoms with Crippen LogP contribution in [0.1, 0.15) is 16.2 Å². The van der Waals surface area contributed by atoms with Crippen LogP contribution in [-0.4, -0.2) is 25.7 Å². The number of para-hydroxylation sites is 1. The van der Waals surface area contributed by atoms with E-state index in [0.29, 0.717) is 5.82 Å². The second-order valence-electron chi connectivity index (χ2n) is 4.55. The minimum Gasteiger partial charge on any atom is -0.345 e. The molecule has 0 aliphatic carbocycles. The summed E-state index contributed by atoms with van der Waals surface area (Å²) in [7, 11) is 0. The Hall–Kier alpha value is -3.22. The van der Waals surface area contributed by atoms with Gasteiger partial charge in [0.05, 0.1) is 6.54 Å². The lowest BCUT2D eigenvalue weighted by Gasteiger charge is -2.07. The number of carbonyl (C=O) groups is 1. The van der Waals surface area contributed by atoms with Crippen molar-refractivity contribution < 1.29 is 4.79 Å². The molecule has 2 heterocycles. The molecule has 1 amide bonds. The van der Waals surface area contributed by atoms with Gasteiger partial charge in [0.15, 0.2) is 5.82 Å². The van der Waals surface area contributed by atoms with Gasteiger partial charge in [0.25, 0.3) is 11.5 Å². The fourth-order valence-electron chi connectivity index (χ4n) is 2.04. The summed E-state index contributed by atoms with van der Waals surface area (Å²) in [5.41, 5.74) is 0.534. The Bertz CT molecular complexity index is 838. The molecule has 0 fully saturated rings. The van der Waals surface area contributed by atoms with E-state index in [1.807, 2.05) is 30.3 Å². The van der Waals surface area contributed by atoms with Crippen molar-refractivity contribution >= 4 is 5.91 Å². The van der Waals surface area contributed by atoms with Gasteiger partial charge in [-0.25, -0.2) is 0 Å². The van der Waals surface area contributed by atoms with E-state index < -0.39 is 11.5 Å². The van der Waals surface area contributed by atoms with Crippen molar-refractivity contribution in [1.82, 2.24) is 25.1 Å². The zero-order valence-electron chi connectivity index (χ0n) is 11.6. The monoisotopic (exact) mass is 295 g/mol. The number of hydrogen-bond acceptors (Lipinski definition) is 4. The first kappa shape index (κ1) is 13.7. The molecule has 0 aliphatic heterocycles. The van der Waals surface area contributed by atoms with Crippen LogP contribution in [0, 0.1) is 0 Å². The molecule has 0 saturated heterocycles. The molecule has 3 rings (SSSR count). The SMILES string of the molecule is O=C(NCc1nncn1-c1ccccc1)c1ccc[nH]c1=O. The topological polar surface area (TPSA) is 92.7 Å². The highest BCUT2D eigenvalue weighted by Gasteiger charge is 2.12. The fraction of sp³-hybridized carbons (Fsp3) is 0.0667. The molecule has 7 heteroatoms. The molecular weight excluding hydrogens is 282 g/mol. The lowest BCUT2D eigenvalue weighted by Crippen LogP contribution is -2.29. The molecule has 1 aromatic carbocycles. The van der Waals surface area contributed by atoms with Crippen LogP contribution in [0.4, 0.5) is 0 Å². The summed E-state index contributed by atoms with van der Waals surface area (Å²) in [5.74, 6) is 0.122. The minimum absolute atomic E-state index is 0.0632. The number of H-pyrrole nitrogens is 1. The van der Waals surface area contributed by atoms with Crippen molar-refractivity contribution in [2.24, 2.45) is 0 Å². The Morgan fingerprint density at radius 2 is 2.00 bits per heavy atom. The number of nitrogens with zero attached hydrogens (tertiary/aromatic N) is 3. The summed E-state index contributed by atoms with van der Waals surface area (Å²) in [6.07, 6.45) is 3.05. The smallest absolute Gasteiger partial charge is 0.260 e. The van der Waals surface area contributed by atoms with Crippen LogP contribution in [0.5, 0.6) is 0 Å². The number of aromatic nitrogens is 4. The summed E-state index contributed by atoms with van der Waals surface area (Å²) in [6.45, 7) is 0.169. The Morgan fingerprint density at radius 1 is 1.18 bits per heavy atom. The molecule has 0 aliphatic rings. The second kappa shape index (κ2) is 6.04. The molecule has 2 aromatic heterocycles. The first-order valence-electron chi connectivity index (χ1n) is 6.66. The largest absolute Gasteiger partial charge is 0.345 e. The third kappa shape index (κ3) is 2.78. The van der Waals surface area contributed by atoms with Crippen molar-refractivity contribution in [3.8, 4) is 5.69 Å². The highest BCUT2D eigenvalue weighted by molar-refractivity contribution is 5.93. The zero-order valence-corrected chi connectivity index (χ0v) is 11.6. The maximum atomic E-state index is 12.0. The number of carbonyl (C=O) groups excluding carboxylic acids is 1. The van der Waals surface area contributed by atoms with Gasteiger partial charge in [-0.2, -0.15) is 0 Å². The van der Waals surface area contributed by atoms with Gasteiger partial charge < -0.3 is 10.3 Å². The number of amides is 1. The Balaban J connectivity index is 1.76. The molecule has 0 saturated carbocycles. The van der Waals surface area contributed by atoms with E-state index in [1.54, 1.807) is 17.0 Å². The van der Waals surface area contributed by atoms with Crippen molar-refractivity contribution in [3.05, 3.63) is 76.7 Å². The van der Waals surface area contributed by atoms with Gasteiger partial charge in [-0.05, 0) is 24.3 Å². The molecule has 0 bridgehead atoms. The lowest BCUT2D eigenvalue weighted by molar-refractivity contribution is 0.0948. The van der Waals surface area contributed by atoms with Gasteiger partial charge in [0, 0.05) is 11.9 Å². The van der Waals surface area contributed by atoms with E-state index in [2.05, 4.69) is 20.5 Å². The van der Waals surface area contributed by atoms with Gasteiger partial charge >= 0.3 is 0 Å². The van der Waals surface area contributed by atoms with Crippen molar-refractivity contribution in [2.75, 3.05) is 0 Å². The number of benzene rings is 1. The minimum atomic E-state index is -0.454. The highest BCUT2D eigenvalue weighted by Crippen LogP contribution is 2.08. The van der Waals surface area contributed by atoms with Crippen molar-refractivity contribution in [1.29, 1.82) is 0 Å². The predicted octanol–water partition coefficient (Wildman–Crippen LogP) is 0.886. The Kier molecular flexibility index (Phi) is 3.78. The maximum Gasteiger partial charge on any atom is 0.260 e. The van der Waals surface area contributed by atoms with Crippen molar-refractivity contribution in [2.45, 2.75) is 6.54 Å². The summed E-state index contributed by atoms with van der Waals surface area (Å²) >= 11 is 0. The predicted molar refractivity (Wildman–Crippen MR) is 79.6 cm³/mol. The van der Waals surface area contributed by atoms with Crippen LogP contribution in [0.2, 0.25) is 0 Å². The average molecular weight is 295 g/mol. The average Bonchev–Trinajstić information content (AvgIpc) is 3.02. The maximum absolute atomic E-state index is 12.0. The van der Waals surface area contributed by atoms with Crippen LogP contribution < -0.4 is 10.9 Å². The molecular formula is C15H13N5O2. The molecule has 3 aromatic rings. The Morgan fingerprint density at radius 3 is 2.77 bits per heavy atom. The van der Waals surface area contributed by atoms with Crippen LogP contribution in [0.15, 0.2) is 59.8 Å². The molecule has 0 atom stereocenters.